The van der Waals surface area contributed by atoms with Gasteiger partial charge in [0, 0.05) is 11.4 Å². The summed E-state index contributed by atoms with van der Waals surface area (Å²) in [6.45, 7) is 0. The van der Waals surface area contributed by atoms with E-state index >= 15 is 0 Å². The second-order valence-electron chi connectivity index (χ2n) is 4.95. The highest BCUT2D eigenvalue weighted by molar-refractivity contribution is 7.88. The van der Waals surface area contributed by atoms with Crippen molar-refractivity contribution in [3.8, 4) is 0 Å². The van der Waals surface area contributed by atoms with Crippen molar-refractivity contribution in [3.05, 3.63) is 57.0 Å². The van der Waals surface area contributed by atoms with Gasteiger partial charge in [0.1, 0.15) is 5.82 Å². The Morgan fingerprint density at radius 3 is 2.77 bits per heavy atom. The van der Waals surface area contributed by atoms with Crippen LogP contribution in [0.25, 0.3) is 0 Å². The molecule has 4 nitrogen and oxygen atoms in total. The predicted octanol–water partition coefficient (Wildman–Crippen LogP) is 3.65. The van der Waals surface area contributed by atoms with Gasteiger partial charge in [-0.1, -0.05) is 23.7 Å². The first-order valence-electron chi connectivity index (χ1n) is 6.42. The summed E-state index contributed by atoms with van der Waals surface area (Å²) in [6, 6.07) is 7.17. The molecule has 1 atom stereocenters. The van der Waals surface area contributed by atoms with Crippen LogP contribution < -0.4 is 0 Å². The van der Waals surface area contributed by atoms with Crippen molar-refractivity contribution in [1.29, 1.82) is 0 Å². The van der Waals surface area contributed by atoms with Crippen molar-refractivity contribution < 1.29 is 12.8 Å². The first-order valence-corrected chi connectivity index (χ1v) is 9.52. The molecule has 0 amide bonds. The molecular formula is C14H12ClFN2O2S2. The lowest BCUT2D eigenvalue weighted by molar-refractivity contribution is 0.374. The van der Waals surface area contributed by atoms with Gasteiger partial charge in [0.2, 0.25) is 10.0 Å². The minimum absolute atomic E-state index is 0.196. The van der Waals surface area contributed by atoms with Crippen LogP contribution in [0.2, 0.25) is 5.02 Å². The highest BCUT2D eigenvalue weighted by Gasteiger charge is 2.35. The van der Waals surface area contributed by atoms with E-state index in [2.05, 4.69) is 5.10 Å². The molecule has 0 bridgehead atoms. The SMILES string of the molecule is CS(=O)(=O)N1N=C(c2cccs2)CC1c1ccc(F)cc1Cl. The molecule has 1 unspecified atom stereocenters. The summed E-state index contributed by atoms with van der Waals surface area (Å²) in [4.78, 5) is 0.911. The minimum Gasteiger partial charge on any atom is -0.207 e. The first-order chi connectivity index (χ1) is 10.4. The van der Waals surface area contributed by atoms with Crippen LogP contribution in [0.1, 0.15) is 22.9 Å². The molecule has 116 valence electrons. The van der Waals surface area contributed by atoms with Crippen LogP contribution in [-0.4, -0.2) is 24.8 Å². The topological polar surface area (TPSA) is 49.7 Å². The maximum atomic E-state index is 13.2. The molecule has 0 N–H and O–H groups in total. The number of sulfonamides is 1. The van der Waals surface area contributed by atoms with Crippen molar-refractivity contribution in [1.82, 2.24) is 4.41 Å². The van der Waals surface area contributed by atoms with Crippen LogP contribution in [0.5, 0.6) is 0 Å². The molecule has 1 aromatic carbocycles. The molecule has 0 aliphatic carbocycles. The van der Waals surface area contributed by atoms with E-state index in [1.807, 2.05) is 17.5 Å². The van der Waals surface area contributed by atoms with E-state index in [1.165, 1.54) is 29.5 Å². The lowest BCUT2D eigenvalue weighted by Crippen LogP contribution is -2.26. The fourth-order valence-electron chi connectivity index (χ4n) is 2.39. The fourth-order valence-corrected chi connectivity index (χ4v) is 4.30. The number of hydrazone groups is 1. The summed E-state index contributed by atoms with van der Waals surface area (Å²) >= 11 is 7.58. The Morgan fingerprint density at radius 2 is 2.18 bits per heavy atom. The molecule has 1 aliphatic heterocycles. The summed E-state index contributed by atoms with van der Waals surface area (Å²) in [5.74, 6) is -0.461. The van der Waals surface area contributed by atoms with Crippen LogP contribution in [0.4, 0.5) is 4.39 Å². The Labute approximate surface area is 136 Å². The molecular weight excluding hydrogens is 347 g/mol. The van der Waals surface area contributed by atoms with E-state index in [4.69, 9.17) is 11.6 Å². The largest absolute Gasteiger partial charge is 0.247 e. The van der Waals surface area contributed by atoms with Gasteiger partial charge in [0.15, 0.2) is 0 Å². The van der Waals surface area contributed by atoms with Gasteiger partial charge in [-0.2, -0.15) is 9.52 Å². The molecule has 0 spiro atoms. The molecule has 0 saturated heterocycles. The molecule has 22 heavy (non-hydrogen) atoms. The highest BCUT2D eigenvalue weighted by Crippen LogP contribution is 2.38. The summed E-state index contributed by atoms with van der Waals surface area (Å²) in [5.41, 5.74) is 1.23. The van der Waals surface area contributed by atoms with Crippen LogP contribution in [-0.2, 0) is 10.0 Å². The zero-order valence-electron chi connectivity index (χ0n) is 11.5. The second kappa shape index (κ2) is 5.64. The quantitative estimate of drug-likeness (QED) is 0.840. The molecule has 0 saturated carbocycles. The number of rotatable bonds is 3. The number of benzene rings is 1. The highest BCUT2D eigenvalue weighted by atomic mass is 35.5. The zero-order chi connectivity index (χ0) is 15.9. The minimum atomic E-state index is -3.55. The van der Waals surface area contributed by atoms with E-state index in [-0.39, 0.29) is 5.02 Å². The van der Waals surface area contributed by atoms with Crippen molar-refractivity contribution >= 4 is 38.7 Å². The maximum absolute atomic E-state index is 13.2. The molecule has 0 radical (unpaired) electrons. The molecule has 8 heteroatoms. The predicted molar refractivity (Wildman–Crippen MR) is 86.3 cm³/mol. The molecule has 0 fully saturated rings. The molecule has 2 heterocycles. The fraction of sp³-hybridized carbons (Fsp3) is 0.214. The number of hydrogen-bond acceptors (Lipinski definition) is 4. The van der Waals surface area contributed by atoms with E-state index in [1.54, 1.807) is 0 Å². The van der Waals surface area contributed by atoms with Crippen molar-refractivity contribution in [2.75, 3.05) is 6.26 Å². The summed E-state index contributed by atoms with van der Waals surface area (Å²) in [5, 5.41) is 6.34. The Hall–Kier alpha value is -1.44. The Kier molecular flexibility index (Phi) is 3.96. The molecule has 1 aromatic heterocycles. The van der Waals surface area contributed by atoms with Crippen LogP contribution in [0, 0.1) is 5.82 Å². The number of nitrogens with zero attached hydrogens (tertiary/aromatic N) is 2. The molecule has 3 rings (SSSR count). The normalized spacial score (nSPS) is 18.6. The number of halogens is 2. The summed E-state index contributed by atoms with van der Waals surface area (Å²) in [7, 11) is -3.55. The van der Waals surface area contributed by atoms with Gasteiger partial charge in [-0.05, 0) is 29.1 Å². The van der Waals surface area contributed by atoms with Crippen molar-refractivity contribution in [2.45, 2.75) is 12.5 Å². The van der Waals surface area contributed by atoms with Gasteiger partial charge < -0.3 is 0 Å². The van der Waals surface area contributed by atoms with Crippen molar-refractivity contribution in [2.24, 2.45) is 5.10 Å². The standard InChI is InChI=1S/C14H12ClFN2O2S2/c1-22(19,20)18-13(10-5-4-9(16)7-11(10)15)8-12(17-18)14-3-2-6-21-14/h2-7,13H,8H2,1H3. The second-order valence-corrected chi connectivity index (χ2v) is 8.14. The van der Waals surface area contributed by atoms with Crippen LogP contribution >= 0.6 is 22.9 Å². The van der Waals surface area contributed by atoms with Gasteiger partial charge in [-0.25, -0.2) is 12.8 Å². The van der Waals surface area contributed by atoms with E-state index in [0.717, 1.165) is 15.5 Å². The van der Waals surface area contributed by atoms with Crippen LogP contribution in [0.15, 0.2) is 40.8 Å². The van der Waals surface area contributed by atoms with Crippen molar-refractivity contribution in [3.63, 3.8) is 0 Å². The monoisotopic (exact) mass is 358 g/mol. The maximum Gasteiger partial charge on any atom is 0.247 e. The average molecular weight is 359 g/mol. The first kappa shape index (κ1) is 15.5. The number of thiophene rings is 1. The molecule has 1 aliphatic rings. The Bertz CT molecular complexity index is 835. The van der Waals surface area contributed by atoms with Gasteiger partial charge in [-0.15, -0.1) is 11.3 Å². The Morgan fingerprint density at radius 1 is 1.41 bits per heavy atom. The lowest BCUT2D eigenvalue weighted by atomic mass is 10.0. The van der Waals surface area contributed by atoms with Crippen LogP contribution in [0.3, 0.4) is 0 Å². The average Bonchev–Trinajstić information content (AvgIpc) is 3.06. The molecule has 2 aromatic rings. The zero-order valence-corrected chi connectivity index (χ0v) is 13.9. The van der Waals surface area contributed by atoms with E-state index in [9.17, 15) is 12.8 Å². The third-order valence-electron chi connectivity index (χ3n) is 3.34. The van der Waals surface area contributed by atoms with E-state index < -0.39 is 21.9 Å². The summed E-state index contributed by atoms with van der Waals surface area (Å²) in [6.07, 6.45) is 1.50. The lowest BCUT2D eigenvalue weighted by Gasteiger charge is -2.22. The van der Waals surface area contributed by atoms with Gasteiger partial charge in [0.05, 0.1) is 22.9 Å². The van der Waals surface area contributed by atoms with E-state index in [0.29, 0.717) is 17.7 Å². The Balaban J connectivity index is 2.04. The van der Waals surface area contributed by atoms with Gasteiger partial charge in [0.25, 0.3) is 0 Å². The van der Waals surface area contributed by atoms with Gasteiger partial charge in [-0.3, -0.25) is 0 Å². The smallest absolute Gasteiger partial charge is 0.207 e. The third kappa shape index (κ3) is 2.88. The summed E-state index contributed by atoms with van der Waals surface area (Å²) < 4.78 is 38.3. The number of hydrogen-bond donors (Lipinski definition) is 0. The third-order valence-corrected chi connectivity index (χ3v) is 5.60. The van der Waals surface area contributed by atoms with Gasteiger partial charge >= 0.3 is 0 Å².